The number of carbonyl (C=O) groups is 2. The smallest absolute Gasteiger partial charge is 0.323 e. The van der Waals surface area contributed by atoms with E-state index in [2.05, 4.69) is 10.0 Å². The molecule has 0 aromatic rings. The van der Waals surface area contributed by atoms with Crippen LogP contribution in [0.4, 0.5) is 0 Å². The molecule has 1 amide bonds. The monoisotopic (exact) mass is 266 g/mol. The topological polar surface area (TPSA) is 113 Å². The molecule has 0 aromatic heterocycles. The molecule has 0 saturated heterocycles. The fourth-order valence-electron chi connectivity index (χ4n) is 0.917. The standard InChI is InChI=1S/C9H18N2O5S/c1-3-5-10-8(12)4-6-11-17(15,16)7(2)9(13)14/h7,11H,3-6H2,1-2H3,(H,10,12)(H,13,14). The first kappa shape index (κ1) is 15.9. The first-order valence-electron chi connectivity index (χ1n) is 5.29. The summed E-state index contributed by atoms with van der Waals surface area (Å²) in [6.45, 7) is 3.41. The second kappa shape index (κ2) is 7.23. The van der Waals surface area contributed by atoms with Crippen molar-refractivity contribution in [2.45, 2.75) is 31.9 Å². The highest BCUT2D eigenvalue weighted by molar-refractivity contribution is 7.90. The van der Waals surface area contributed by atoms with Gasteiger partial charge in [-0.1, -0.05) is 6.92 Å². The molecule has 0 spiro atoms. The lowest BCUT2D eigenvalue weighted by molar-refractivity contribution is -0.136. The van der Waals surface area contributed by atoms with Gasteiger partial charge < -0.3 is 10.4 Å². The number of hydrogen-bond acceptors (Lipinski definition) is 4. The van der Waals surface area contributed by atoms with E-state index in [4.69, 9.17) is 5.11 Å². The summed E-state index contributed by atoms with van der Waals surface area (Å²) in [4.78, 5) is 21.6. The van der Waals surface area contributed by atoms with E-state index < -0.39 is 21.2 Å². The number of carboxylic acids is 1. The van der Waals surface area contributed by atoms with E-state index in [0.717, 1.165) is 13.3 Å². The predicted molar refractivity (Wildman–Crippen MR) is 61.9 cm³/mol. The molecule has 17 heavy (non-hydrogen) atoms. The first-order chi connectivity index (χ1) is 7.81. The van der Waals surface area contributed by atoms with Crippen LogP contribution >= 0.6 is 0 Å². The number of sulfonamides is 1. The van der Waals surface area contributed by atoms with Crippen molar-refractivity contribution in [3.05, 3.63) is 0 Å². The Balaban J connectivity index is 4.04. The molecule has 8 heteroatoms. The highest BCUT2D eigenvalue weighted by Crippen LogP contribution is 1.98. The Hall–Kier alpha value is -1.15. The molecule has 0 aliphatic rings. The fraction of sp³-hybridized carbons (Fsp3) is 0.778. The van der Waals surface area contributed by atoms with Crippen molar-refractivity contribution in [3.8, 4) is 0 Å². The van der Waals surface area contributed by atoms with Gasteiger partial charge in [-0.05, 0) is 13.3 Å². The van der Waals surface area contributed by atoms with Gasteiger partial charge in [0.05, 0.1) is 0 Å². The highest BCUT2D eigenvalue weighted by Gasteiger charge is 2.26. The molecule has 0 heterocycles. The van der Waals surface area contributed by atoms with Crippen LogP contribution in [0.2, 0.25) is 0 Å². The third-order valence-electron chi connectivity index (χ3n) is 2.04. The van der Waals surface area contributed by atoms with Crippen LogP contribution in [0.25, 0.3) is 0 Å². The molecule has 1 unspecified atom stereocenters. The van der Waals surface area contributed by atoms with Gasteiger partial charge in [-0.3, -0.25) is 9.59 Å². The van der Waals surface area contributed by atoms with Crippen molar-refractivity contribution < 1.29 is 23.1 Å². The Labute approximate surface area is 101 Å². The zero-order valence-electron chi connectivity index (χ0n) is 9.89. The molecule has 0 radical (unpaired) electrons. The van der Waals surface area contributed by atoms with Gasteiger partial charge in [0.25, 0.3) is 0 Å². The second-order valence-electron chi connectivity index (χ2n) is 3.52. The van der Waals surface area contributed by atoms with Crippen LogP contribution < -0.4 is 10.0 Å². The van der Waals surface area contributed by atoms with Crippen LogP contribution in [0.15, 0.2) is 0 Å². The number of amides is 1. The van der Waals surface area contributed by atoms with Gasteiger partial charge in [0.15, 0.2) is 5.25 Å². The molecule has 1 atom stereocenters. The lowest BCUT2D eigenvalue weighted by Gasteiger charge is -2.09. The van der Waals surface area contributed by atoms with Crippen molar-refractivity contribution in [3.63, 3.8) is 0 Å². The maximum atomic E-state index is 11.3. The van der Waals surface area contributed by atoms with Crippen molar-refractivity contribution >= 4 is 21.9 Å². The van der Waals surface area contributed by atoms with Crippen LogP contribution in [0, 0.1) is 0 Å². The maximum Gasteiger partial charge on any atom is 0.323 e. The summed E-state index contributed by atoms with van der Waals surface area (Å²) in [6.07, 6.45) is 0.791. The Bertz CT molecular complexity index is 366. The Morgan fingerprint density at radius 2 is 1.88 bits per heavy atom. The van der Waals surface area contributed by atoms with Gasteiger partial charge in [-0.25, -0.2) is 13.1 Å². The summed E-state index contributed by atoms with van der Waals surface area (Å²) in [5.74, 6) is -1.69. The summed E-state index contributed by atoms with van der Waals surface area (Å²) >= 11 is 0. The molecular weight excluding hydrogens is 248 g/mol. The predicted octanol–water partition coefficient (Wildman–Crippen LogP) is -0.705. The molecular formula is C9H18N2O5S. The van der Waals surface area contributed by atoms with Crippen molar-refractivity contribution in [2.75, 3.05) is 13.1 Å². The van der Waals surface area contributed by atoms with Crippen LogP contribution in [-0.2, 0) is 19.6 Å². The van der Waals surface area contributed by atoms with E-state index in [1.807, 2.05) is 6.92 Å². The minimum absolute atomic E-state index is 0.00836. The third-order valence-corrected chi connectivity index (χ3v) is 3.78. The van der Waals surface area contributed by atoms with Gasteiger partial charge in [0.2, 0.25) is 15.9 Å². The molecule has 0 bridgehead atoms. The molecule has 0 aromatic carbocycles. The molecule has 3 N–H and O–H groups in total. The number of nitrogens with one attached hydrogen (secondary N) is 2. The summed E-state index contributed by atoms with van der Waals surface area (Å²) in [6, 6.07) is 0. The minimum Gasteiger partial charge on any atom is -0.480 e. The average molecular weight is 266 g/mol. The zero-order chi connectivity index (χ0) is 13.5. The summed E-state index contributed by atoms with van der Waals surface area (Å²) in [7, 11) is -3.91. The van der Waals surface area contributed by atoms with Crippen LogP contribution in [0.5, 0.6) is 0 Å². The van der Waals surface area contributed by atoms with Gasteiger partial charge >= 0.3 is 5.97 Å². The van der Waals surface area contributed by atoms with Gasteiger partial charge in [-0.15, -0.1) is 0 Å². The van der Waals surface area contributed by atoms with Crippen LogP contribution in [-0.4, -0.2) is 43.7 Å². The summed E-state index contributed by atoms with van der Waals surface area (Å²) < 4.78 is 24.8. The summed E-state index contributed by atoms with van der Waals surface area (Å²) in [5.41, 5.74) is 0. The summed E-state index contributed by atoms with van der Waals surface area (Å²) in [5, 5.41) is 9.60. The van der Waals surface area contributed by atoms with E-state index >= 15 is 0 Å². The van der Waals surface area contributed by atoms with Crippen molar-refractivity contribution in [1.82, 2.24) is 10.0 Å². The van der Waals surface area contributed by atoms with E-state index in [1.165, 1.54) is 0 Å². The lowest BCUT2D eigenvalue weighted by Crippen LogP contribution is -2.39. The van der Waals surface area contributed by atoms with Gasteiger partial charge in [0.1, 0.15) is 0 Å². The molecule has 7 nitrogen and oxygen atoms in total. The Morgan fingerprint density at radius 3 is 2.35 bits per heavy atom. The van der Waals surface area contributed by atoms with E-state index in [1.54, 1.807) is 0 Å². The number of hydrogen-bond donors (Lipinski definition) is 3. The first-order valence-corrected chi connectivity index (χ1v) is 6.84. The number of rotatable bonds is 8. The fourth-order valence-corrected chi connectivity index (χ4v) is 1.82. The zero-order valence-corrected chi connectivity index (χ0v) is 10.7. The quantitative estimate of drug-likeness (QED) is 0.537. The van der Waals surface area contributed by atoms with Crippen LogP contribution in [0.1, 0.15) is 26.7 Å². The molecule has 0 fully saturated rings. The Kier molecular flexibility index (Phi) is 6.74. The number of aliphatic carboxylic acids is 1. The molecule has 0 aliphatic carbocycles. The number of carbonyl (C=O) groups excluding carboxylic acids is 1. The van der Waals surface area contributed by atoms with Crippen molar-refractivity contribution in [1.29, 1.82) is 0 Å². The maximum absolute atomic E-state index is 11.3. The molecule has 100 valence electrons. The van der Waals surface area contributed by atoms with Gasteiger partial charge in [0, 0.05) is 19.5 Å². The SMILES string of the molecule is CCCNC(=O)CCNS(=O)(=O)C(C)C(=O)O. The lowest BCUT2D eigenvalue weighted by atomic mass is 10.4. The molecule has 0 saturated carbocycles. The van der Waals surface area contributed by atoms with Gasteiger partial charge in [-0.2, -0.15) is 0 Å². The Morgan fingerprint density at radius 1 is 1.29 bits per heavy atom. The molecule has 0 aliphatic heterocycles. The normalized spacial score (nSPS) is 13.1. The van der Waals surface area contributed by atoms with Crippen molar-refractivity contribution in [2.24, 2.45) is 0 Å². The second-order valence-corrected chi connectivity index (χ2v) is 5.61. The average Bonchev–Trinajstić information content (AvgIpc) is 2.24. The van der Waals surface area contributed by atoms with E-state index in [0.29, 0.717) is 6.54 Å². The van der Waals surface area contributed by atoms with E-state index in [-0.39, 0.29) is 18.9 Å². The largest absolute Gasteiger partial charge is 0.480 e. The van der Waals surface area contributed by atoms with Crippen LogP contribution in [0.3, 0.4) is 0 Å². The minimum atomic E-state index is -3.91. The highest BCUT2D eigenvalue weighted by atomic mass is 32.2. The van der Waals surface area contributed by atoms with E-state index in [9.17, 15) is 18.0 Å². The molecule has 0 rings (SSSR count). The number of carboxylic acid groups (broad SMARTS) is 1. The third kappa shape index (κ3) is 6.22.